The summed E-state index contributed by atoms with van der Waals surface area (Å²) in [7, 11) is 0. The van der Waals surface area contributed by atoms with Crippen LogP contribution in [0.1, 0.15) is 13.3 Å². The first-order valence-electron chi connectivity index (χ1n) is 6.07. The van der Waals surface area contributed by atoms with Gasteiger partial charge in [-0.2, -0.15) is 0 Å². The number of fused-ring (bicyclic) bond motifs is 1. The molecule has 5 heteroatoms. The lowest BCUT2D eigenvalue weighted by Gasteiger charge is -2.06. The maximum Gasteiger partial charge on any atom is 0.310 e. The minimum Gasteiger partial charge on any atom is -0.315 e. The largest absolute Gasteiger partial charge is 0.315 e. The molecule has 1 heterocycles. The molecule has 0 aliphatic carbocycles. The fourth-order valence-corrected chi connectivity index (χ4v) is 2.68. The first-order valence-corrected chi connectivity index (χ1v) is 6.89. The lowest BCUT2D eigenvalue weighted by atomic mass is 10.3. The van der Waals surface area contributed by atoms with Crippen molar-refractivity contribution in [2.24, 2.45) is 0 Å². The van der Waals surface area contributed by atoms with E-state index in [1.165, 1.54) is 4.57 Å². The Hall–Kier alpha value is -1.46. The Balaban J connectivity index is 2.33. The molecule has 0 unspecified atom stereocenters. The number of hydrogen-bond acceptors (Lipinski definition) is 4. The molecule has 2 rings (SSSR count). The number of nitrogens with zero attached hydrogens (tertiary/aromatic N) is 1. The van der Waals surface area contributed by atoms with Gasteiger partial charge in [-0.15, -0.1) is 0 Å². The number of nitrogens with one attached hydrogen (secondary N) is 1. The van der Waals surface area contributed by atoms with Crippen LogP contribution in [0.3, 0.4) is 0 Å². The highest BCUT2D eigenvalue weighted by molar-refractivity contribution is 7.16. The lowest BCUT2D eigenvalue weighted by Crippen LogP contribution is -2.35. The van der Waals surface area contributed by atoms with E-state index in [-0.39, 0.29) is 10.4 Å². The topological polar surface area (TPSA) is 51.1 Å². The van der Waals surface area contributed by atoms with E-state index < -0.39 is 0 Å². The molecule has 4 nitrogen and oxygen atoms in total. The van der Waals surface area contributed by atoms with Crippen molar-refractivity contribution in [1.82, 2.24) is 9.88 Å². The molecular weight excluding hydrogens is 248 g/mol. The lowest BCUT2D eigenvalue weighted by molar-refractivity contribution is 0.579. The van der Waals surface area contributed by atoms with Crippen LogP contribution in [-0.2, 0) is 6.54 Å². The van der Waals surface area contributed by atoms with E-state index in [0.29, 0.717) is 18.5 Å². The Labute approximate surface area is 109 Å². The van der Waals surface area contributed by atoms with Crippen LogP contribution in [0.15, 0.2) is 33.9 Å². The summed E-state index contributed by atoms with van der Waals surface area (Å²) in [5.41, 5.74) is -0.187. The van der Waals surface area contributed by atoms with E-state index in [1.807, 2.05) is 18.2 Å². The Morgan fingerprint density at radius 3 is 2.78 bits per heavy atom. The normalized spacial score (nSPS) is 10.9. The summed E-state index contributed by atoms with van der Waals surface area (Å²) in [5, 5.41) is 3.81. The molecule has 1 N–H and O–H groups in total. The Bertz CT molecular complexity index is 645. The molecule has 96 valence electrons. The van der Waals surface area contributed by atoms with Gasteiger partial charge >= 0.3 is 4.87 Å². The third-order valence-corrected chi connectivity index (χ3v) is 3.69. The van der Waals surface area contributed by atoms with E-state index in [9.17, 15) is 9.59 Å². The average Bonchev–Trinajstić information content (AvgIpc) is 2.38. The standard InChI is InChI=1S/C13H16N2O2S/c1-2-7-14-8-9-15-12(16)10-5-3-4-6-11(10)18-13(15)17/h3-6,14H,2,7-9H2,1H3. The van der Waals surface area contributed by atoms with Crippen LogP contribution in [0, 0.1) is 0 Å². The van der Waals surface area contributed by atoms with Gasteiger partial charge in [-0.05, 0) is 25.1 Å². The maximum atomic E-state index is 12.2. The zero-order chi connectivity index (χ0) is 13.0. The van der Waals surface area contributed by atoms with E-state index >= 15 is 0 Å². The summed E-state index contributed by atoms with van der Waals surface area (Å²) in [6.45, 7) is 4.06. The van der Waals surface area contributed by atoms with Crippen molar-refractivity contribution in [3.8, 4) is 0 Å². The highest BCUT2D eigenvalue weighted by atomic mass is 32.1. The van der Waals surface area contributed by atoms with Gasteiger partial charge in [0, 0.05) is 17.8 Å². The zero-order valence-corrected chi connectivity index (χ0v) is 11.1. The minimum atomic E-state index is -0.187. The van der Waals surface area contributed by atoms with Gasteiger partial charge in [0.05, 0.1) is 5.39 Å². The van der Waals surface area contributed by atoms with Crippen molar-refractivity contribution in [3.63, 3.8) is 0 Å². The smallest absolute Gasteiger partial charge is 0.310 e. The SMILES string of the molecule is CCCNCCn1c(=O)sc2ccccc2c1=O. The number of rotatable bonds is 5. The first-order chi connectivity index (χ1) is 8.74. The van der Waals surface area contributed by atoms with Crippen LogP contribution >= 0.6 is 11.3 Å². The maximum absolute atomic E-state index is 12.2. The van der Waals surface area contributed by atoms with Gasteiger partial charge in [0.1, 0.15) is 0 Å². The van der Waals surface area contributed by atoms with Crippen molar-refractivity contribution in [1.29, 1.82) is 0 Å². The van der Waals surface area contributed by atoms with Gasteiger partial charge in [0.15, 0.2) is 0 Å². The molecule has 0 atom stereocenters. The molecule has 0 saturated heterocycles. The number of aromatic nitrogens is 1. The van der Waals surface area contributed by atoms with Gasteiger partial charge in [-0.1, -0.05) is 30.4 Å². The van der Waals surface area contributed by atoms with Gasteiger partial charge in [-0.25, -0.2) is 0 Å². The van der Waals surface area contributed by atoms with E-state index in [2.05, 4.69) is 12.2 Å². The summed E-state index contributed by atoms with van der Waals surface area (Å²) < 4.78 is 2.07. The van der Waals surface area contributed by atoms with E-state index in [1.54, 1.807) is 6.07 Å². The molecule has 1 aromatic heterocycles. The van der Waals surface area contributed by atoms with Gasteiger partial charge in [-0.3, -0.25) is 14.2 Å². The second-order valence-corrected chi connectivity index (χ2v) is 5.06. The van der Waals surface area contributed by atoms with Crippen LogP contribution in [0.2, 0.25) is 0 Å². The molecule has 0 amide bonds. The summed E-state index contributed by atoms with van der Waals surface area (Å²) in [4.78, 5) is 23.8. The zero-order valence-electron chi connectivity index (χ0n) is 10.3. The van der Waals surface area contributed by atoms with Crippen LogP contribution in [0.4, 0.5) is 0 Å². The van der Waals surface area contributed by atoms with Gasteiger partial charge in [0.2, 0.25) is 0 Å². The molecular formula is C13H16N2O2S. The Kier molecular flexibility index (Phi) is 4.28. The summed E-state index contributed by atoms with van der Waals surface area (Å²) in [5.74, 6) is 0. The number of benzene rings is 1. The van der Waals surface area contributed by atoms with Crippen LogP contribution in [0.25, 0.3) is 10.1 Å². The molecule has 0 radical (unpaired) electrons. The first kappa shape index (κ1) is 13.0. The van der Waals surface area contributed by atoms with E-state index in [4.69, 9.17) is 0 Å². The second kappa shape index (κ2) is 5.93. The molecule has 0 spiro atoms. The molecule has 1 aromatic carbocycles. The molecule has 2 aromatic rings. The molecule has 0 fully saturated rings. The van der Waals surface area contributed by atoms with Crippen molar-refractivity contribution in [2.45, 2.75) is 19.9 Å². The third-order valence-electron chi connectivity index (χ3n) is 2.72. The van der Waals surface area contributed by atoms with Gasteiger partial charge < -0.3 is 5.32 Å². The highest BCUT2D eigenvalue weighted by Crippen LogP contribution is 2.10. The predicted octanol–water partition coefficient (Wildman–Crippen LogP) is 1.42. The fraction of sp³-hybridized carbons (Fsp3) is 0.385. The predicted molar refractivity (Wildman–Crippen MR) is 75.5 cm³/mol. The Morgan fingerprint density at radius 2 is 2.00 bits per heavy atom. The Morgan fingerprint density at radius 1 is 1.22 bits per heavy atom. The van der Waals surface area contributed by atoms with Crippen LogP contribution < -0.4 is 15.7 Å². The third kappa shape index (κ3) is 2.68. The molecule has 0 aliphatic rings. The van der Waals surface area contributed by atoms with Crippen molar-refractivity contribution in [3.05, 3.63) is 44.3 Å². The molecule has 0 bridgehead atoms. The van der Waals surface area contributed by atoms with Crippen molar-refractivity contribution in [2.75, 3.05) is 13.1 Å². The average molecular weight is 264 g/mol. The highest BCUT2D eigenvalue weighted by Gasteiger charge is 2.06. The van der Waals surface area contributed by atoms with Crippen LogP contribution in [0.5, 0.6) is 0 Å². The van der Waals surface area contributed by atoms with Crippen molar-refractivity contribution < 1.29 is 0 Å². The quantitative estimate of drug-likeness (QED) is 0.831. The summed E-state index contributed by atoms with van der Waals surface area (Å²) in [6, 6.07) is 7.23. The molecule has 0 aliphatic heterocycles. The van der Waals surface area contributed by atoms with Crippen molar-refractivity contribution >= 4 is 21.4 Å². The second-order valence-electron chi connectivity index (χ2n) is 4.07. The monoisotopic (exact) mass is 264 g/mol. The van der Waals surface area contributed by atoms with Gasteiger partial charge in [0.25, 0.3) is 5.56 Å². The molecule has 0 saturated carbocycles. The molecule has 18 heavy (non-hydrogen) atoms. The summed E-state index contributed by atoms with van der Waals surface area (Å²) >= 11 is 1.13. The minimum absolute atomic E-state index is 0.183. The van der Waals surface area contributed by atoms with E-state index in [0.717, 1.165) is 29.0 Å². The number of hydrogen-bond donors (Lipinski definition) is 1. The van der Waals surface area contributed by atoms with Crippen LogP contribution in [-0.4, -0.2) is 17.7 Å². The summed E-state index contributed by atoms with van der Waals surface area (Å²) in [6.07, 6.45) is 1.04. The fourth-order valence-electron chi connectivity index (χ4n) is 1.80.